The van der Waals surface area contributed by atoms with Gasteiger partial charge in [-0.25, -0.2) is 0 Å². The maximum atomic E-state index is 12.0. The molecule has 0 saturated heterocycles. The van der Waals surface area contributed by atoms with E-state index in [4.69, 9.17) is 5.41 Å². The van der Waals surface area contributed by atoms with Gasteiger partial charge in [-0.2, -0.15) is 0 Å². The number of carbonyl (C=O) groups excluding carboxylic acids is 2. The maximum absolute atomic E-state index is 12.0. The summed E-state index contributed by atoms with van der Waals surface area (Å²) in [7, 11) is 0. The topological polar surface area (TPSA) is 94.9 Å². The molecule has 0 aliphatic rings. The number of carbonyl (C=O) groups is 2. The van der Waals surface area contributed by atoms with E-state index in [1.807, 2.05) is 30.3 Å². The highest BCUT2D eigenvalue weighted by Gasteiger charge is 2.07. The fourth-order valence-corrected chi connectivity index (χ4v) is 2.26. The monoisotopic (exact) mass is 338 g/mol. The molecule has 25 heavy (non-hydrogen) atoms. The van der Waals surface area contributed by atoms with Crippen LogP contribution in [0, 0.1) is 5.41 Å². The van der Waals surface area contributed by atoms with Crippen LogP contribution in [0.2, 0.25) is 0 Å². The quantitative estimate of drug-likeness (QED) is 0.675. The van der Waals surface area contributed by atoms with E-state index in [-0.39, 0.29) is 18.4 Å². The molecule has 0 radical (unpaired) electrons. The molecule has 6 heteroatoms. The van der Waals surface area contributed by atoms with Gasteiger partial charge in [-0.05, 0) is 36.1 Å². The lowest BCUT2D eigenvalue weighted by Crippen LogP contribution is -2.28. The normalized spacial score (nSPS) is 10.2. The molecule has 2 aromatic rings. The molecule has 0 aliphatic carbocycles. The van der Waals surface area contributed by atoms with Crippen molar-refractivity contribution in [3.63, 3.8) is 0 Å². The van der Waals surface area contributed by atoms with E-state index in [9.17, 15) is 9.59 Å². The largest absolute Gasteiger partial charge is 0.352 e. The summed E-state index contributed by atoms with van der Waals surface area (Å²) < 4.78 is 0. The second-order valence-electron chi connectivity index (χ2n) is 5.95. The molecular formula is C19H22N4O2. The van der Waals surface area contributed by atoms with Crippen LogP contribution in [0.4, 0.5) is 0 Å². The van der Waals surface area contributed by atoms with Gasteiger partial charge in [0.05, 0.1) is 12.1 Å². The highest BCUT2D eigenvalue weighted by atomic mass is 16.2. The molecule has 0 bridgehead atoms. The molecule has 0 atom stereocenters. The number of pyridine rings is 1. The second-order valence-corrected chi connectivity index (χ2v) is 5.95. The van der Waals surface area contributed by atoms with Crippen molar-refractivity contribution in [1.82, 2.24) is 15.6 Å². The van der Waals surface area contributed by atoms with Gasteiger partial charge in [0.25, 0.3) is 5.91 Å². The van der Waals surface area contributed by atoms with Crippen molar-refractivity contribution in [1.29, 1.82) is 5.41 Å². The van der Waals surface area contributed by atoms with Gasteiger partial charge in [0, 0.05) is 31.6 Å². The van der Waals surface area contributed by atoms with Gasteiger partial charge < -0.3 is 16.0 Å². The Hall–Kier alpha value is -3.02. The zero-order chi connectivity index (χ0) is 18.2. The highest BCUT2D eigenvalue weighted by Crippen LogP contribution is 2.12. The zero-order valence-corrected chi connectivity index (χ0v) is 14.4. The summed E-state index contributed by atoms with van der Waals surface area (Å²) in [5.74, 6) is -0.282. The first kappa shape index (κ1) is 18.3. The summed E-state index contributed by atoms with van der Waals surface area (Å²) in [6.45, 7) is 3.89. The van der Waals surface area contributed by atoms with Crippen molar-refractivity contribution in [3.05, 3.63) is 65.0 Å². The van der Waals surface area contributed by atoms with Gasteiger partial charge in [-0.15, -0.1) is 0 Å². The first-order chi connectivity index (χ1) is 11.9. The van der Waals surface area contributed by atoms with E-state index >= 15 is 0 Å². The Bertz CT molecular complexity index is 769. The number of rotatable bonds is 7. The summed E-state index contributed by atoms with van der Waals surface area (Å²) in [6.07, 6.45) is 3.93. The average Bonchev–Trinajstić information content (AvgIpc) is 2.59. The van der Waals surface area contributed by atoms with E-state index in [2.05, 4.69) is 15.6 Å². The van der Waals surface area contributed by atoms with Crippen molar-refractivity contribution in [2.75, 3.05) is 6.54 Å². The Balaban J connectivity index is 2.00. The fourth-order valence-electron chi connectivity index (χ4n) is 2.26. The summed E-state index contributed by atoms with van der Waals surface area (Å²) in [4.78, 5) is 27.1. The molecule has 0 saturated carbocycles. The van der Waals surface area contributed by atoms with Gasteiger partial charge >= 0.3 is 0 Å². The first-order valence-electron chi connectivity index (χ1n) is 8.02. The van der Waals surface area contributed by atoms with Gasteiger partial charge in [-0.3, -0.25) is 14.6 Å². The van der Waals surface area contributed by atoms with Crippen LogP contribution in [0.5, 0.6) is 0 Å². The SMILES string of the molecule is CC(=N)CNC(=O)c1cncc(Cc2ccc(CNC(C)=O)cc2)c1. The Morgan fingerprint density at radius 1 is 1.00 bits per heavy atom. The lowest BCUT2D eigenvalue weighted by atomic mass is 10.0. The molecule has 3 N–H and O–H groups in total. The number of benzene rings is 1. The zero-order valence-electron chi connectivity index (χ0n) is 14.4. The first-order valence-corrected chi connectivity index (χ1v) is 8.02. The van der Waals surface area contributed by atoms with Crippen LogP contribution < -0.4 is 10.6 Å². The predicted molar refractivity (Wildman–Crippen MR) is 96.7 cm³/mol. The average molecular weight is 338 g/mol. The Morgan fingerprint density at radius 3 is 2.32 bits per heavy atom. The number of nitrogens with zero attached hydrogens (tertiary/aromatic N) is 1. The van der Waals surface area contributed by atoms with Crippen molar-refractivity contribution in [2.45, 2.75) is 26.8 Å². The molecule has 2 rings (SSSR count). The predicted octanol–water partition coefficient (Wildman–Crippen LogP) is 2.08. The Kier molecular flexibility index (Phi) is 6.39. The van der Waals surface area contributed by atoms with Crippen molar-refractivity contribution in [2.24, 2.45) is 0 Å². The fraction of sp³-hybridized carbons (Fsp3) is 0.263. The summed E-state index contributed by atoms with van der Waals surface area (Å²) in [6, 6.07) is 9.77. The van der Waals surface area contributed by atoms with Crippen LogP contribution in [0.1, 0.15) is 40.9 Å². The molecular weight excluding hydrogens is 316 g/mol. The molecule has 2 amide bonds. The summed E-state index contributed by atoms with van der Waals surface area (Å²) >= 11 is 0. The van der Waals surface area contributed by atoms with E-state index in [0.29, 0.717) is 24.2 Å². The van der Waals surface area contributed by atoms with E-state index in [0.717, 1.165) is 16.7 Å². The lowest BCUT2D eigenvalue weighted by Gasteiger charge is -2.07. The Labute approximate surface area is 147 Å². The van der Waals surface area contributed by atoms with Crippen LogP contribution >= 0.6 is 0 Å². The second kappa shape index (κ2) is 8.73. The standard InChI is InChI=1S/C19H22N4O2/c1-13(20)9-23-19(25)18-8-17(10-21-12-18)7-15-3-5-16(6-4-15)11-22-14(2)24/h3-6,8,10,12,20H,7,9,11H2,1-2H3,(H,22,24)(H,23,25). The molecule has 0 unspecified atom stereocenters. The van der Waals surface area contributed by atoms with Crippen molar-refractivity contribution in [3.8, 4) is 0 Å². The van der Waals surface area contributed by atoms with Crippen LogP contribution in [-0.2, 0) is 17.8 Å². The van der Waals surface area contributed by atoms with E-state index in [1.54, 1.807) is 13.1 Å². The molecule has 1 aromatic heterocycles. The molecule has 0 spiro atoms. The van der Waals surface area contributed by atoms with Crippen LogP contribution in [0.25, 0.3) is 0 Å². The van der Waals surface area contributed by atoms with E-state index in [1.165, 1.54) is 13.1 Å². The minimum atomic E-state index is -0.230. The summed E-state index contributed by atoms with van der Waals surface area (Å²) in [5, 5.41) is 12.8. The molecule has 1 aromatic carbocycles. The van der Waals surface area contributed by atoms with Gasteiger partial charge in [-0.1, -0.05) is 24.3 Å². The minimum absolute atomic E-state index is 0.0524. The molecule has 130 valence electrons. The number of hydrogen-bond acceptors (Lipinski definition) is 4. The number of amides is 2. The highest BCUT2D eigenvalue weighted by molar-refractivity contribution is 5.96. The van der Waals surface area contributed by atoms with Gasteiger partial charge in [0.15, 0.2) is 0 Å². The summed E-state index contributed by atoms with van der Waals surface area (Å²) in [5.41, 5.74) is 3.96. The molecule has 0 aliphatic heterocycles. The minimum Gasteiger partial charge on any atom is -0.352 e. The smallest absolute Gasteiger partial charge is 0.253 e. The molecule has 6 nitrogen and oxygen atoms in total. The molecule has 1 heterocycles. The Morgan fingerprint density at radius 2 is 1.68 bits per heavy atom. The van der Waals surface area contributed by atoms with Gasteiger partial charge in [0.2, 0.25) is 5.91 Å². The third-order valence-corrected chi connectivity index (χ3v) is 3.54. The van der Waals surface area contributed by atoms with Crippen molar-refractivity contribution < 1.29 is 9.59 Å². The number of hydrogen-bond donors (Lipinski definition) is 3. The van der Waals surface area contributed by atoms with Gasteiger partial charge in [0.1, 0.15) is 0 Å². The third-order valence-electron chi connectivity index (χ3n) is 3.54. The number of nitrogens with one attached hydrogen (secondary N) is 3. The van der Waals surface area contributed by atoms with Crippen LogP contribution in [0.3, 0.4) is 0 Å². The number of aromatic nitrogens is 1. The van der Waals surface area contributed by atoms with Crippen LogP contribution in [0.15, 0.2) is 42.7 Å². The maximum Gasteiger partial charge on any atom is 0.253 e. The lowest BCUT2D eigenvalue weighted by molar-refractivity contribution is -0.119. The van der Waals surface area contributed by atoms with Crippen LogP contribution in [-0.4, -0.2) is 29.1 Å². The van der Waals surface area contributed by atoms with Crippen molar-refractivity contribution >= 4 is 17.5 Å². The third kappa shape index (κ3) is 6.18. The molecule has 0 fully saturated rings. The van der Waals surface area contributed by atoms with E-state index < -0.39 is 0 Å².